The molecule has 2 rings (SSSR count). The zero-order valence-electron chi connectivity index (χ0n) is 13.4. The Kier molecular flexibility index (Phi) is 4.51. The van der Waals surface area contributed by atoms with Crippen LogP contribution in [-0.2, 0) is 11.3 Å². The van der Waals surface area contributed by atoms with Crippen LogP contribution >= 0.6 is 0 Å². The molecule has 1 aliphatic heterocycles. The molecule has 0 saturated carbocycles. The first-order valence-corrected chi connectivity index (χ1v) is 7.21. The molecule has 0 radical (unpaired) electrons. The molecule has 5 nitrogen and oxygen atoms in total. The lowest BCUT2D eigenvalue weighted by atomic mass is 10.1. The molecule has 1 aromatic carbocycles. The third-order valence-electron chi connectivity index (χ3n) is 3.15. The number of nitrogens with zero attached hydrogens (tertiary/aromatic N) is 1. The highest BCUT2D eigenvalue weighted by Crippen LogP contribution is 2.35. The molecule has 0 fully saturated rings. The molecule has 0 aliphatic carbocycles. The van der Waals surface area contributed by atoms with Crippen molar-refractivity contribution in [3.63, 3.8) is 0 Å². The Morgan fingerprint density at radius 1 is 1.36 bits per heavy atom. The lowest BCUT2D eigenvalue weighted by molar-refractivity contribution is 0.0244. The number of fused-ring (bicyclic) bond motifs is 1. The van der Waals surface area contributed by atoms with Crippen molar-refractivity contribution in [3.8, 4) is 23.8 Å². The molecule has 1 aromatic rings. The Morgan fingerprint density at radius 2 is 2.00 bits per heavy atom. The van der Waals surface area contributed by atoms with Gasteiger partial charge < -0.3 is 19.1 Å². The van der Waals surface area contributed by atoms with Gasteiger partial charge in [-0.1, -0.05) is 5.92 Å². The SMILES string of the molecule is C#Cc1cc2c(cc1CN(CC)C(=O)OC(C)(C)C)OCO2. The molecule has 1 heterocycles. The molecule has 118 valence electrons. The maximum Gasteiger partial charge on any atom is 0.410 e. The van der Waals surface area contributed by atoms with E-state index in [-0.39, 0.29) is 12.9 Å². The maximum absolute atomic E-state index is 12.2. The Labute approximate surface area is 131 Å². The zero-order chi connectivity index (χ0) is 16.3. The van der Waals surface area contributed by atoms with Gasteiger partial charge in [-0.3, -0.25) is 0 Å². The Morgan fingerprint density at radius 3 is 2.55 bits per heavy atom. The number of hydrogen-bond acceptors (Lipinski definition) is 4. The highest BCUT2D eigenvalue weighted by Gasteiger charge is 2.23. The van der Waals surface area contributed by atoms with Gasteiger partial charge in [-0.2, -0.15) is 0 Å². The maximum atomic E-state index is 12.2. The van der Waals surface area contributed by atoms with Crippen molar-refractivity contribution in [1.29, 1.82) is 0 Å². The predicted molar refractivity (Wildman–Crippen MR) is 82.8 cm³/mol. The Bertz CT molecular complexity index is 610. The summed E-state index contributed by atoms with van der Waals surface area (Å²) in [4.78, 5) is 13.8. The van der Waals surface area contributed by atoms with Crippen molar-refractivity contribution in [2.75, 3.05) is 13.3 Å². The smallest absolute Gasteiger partial charge is 0.410 e. The van der Waals surface area contributed by atoms with E-state index in [9.17, 15) is 4.79 Å². The Balaban J connectivity index is 2.21. The van der Waals surface area contributed by atoms with Gasteiger partial charge in [0.15, 0.2) is 11.5 Å². The van der Waals surface area contributed by atoms with E-state index < -0.39 is 5.60 Å². The van der Waals surface area contributed by atoms with Crippen LogP contribution in [0.15, 0.2) is 12.1 Å². The second-order valence-electron chi connectivity index (χ2n) is 6.00. The summed E-state index contributed by atoms with van der Waals surface area (Å²) in [5.41, 5.74) is 0.986. The van der Waals surface area contributed by atoms with Crippen molar-refractivity contribution in [2.45, 2.75) is 39.8 Å². The van der Waals surface area contributed by atoms with E-state index in [1.165, 1.54) is 0 Å². The number of carbonyl (C=O) groups excluding carboxylic acids is 1. The van der Waals surface area contributed by atoms with Gasteiger partial charge in [-0.25, -0.2) is 4.79 Å². The van der Waals surface area contributed by atoms with Gasteiger partial charge in [0.1, 0.15) is 5.60 Å². The largest absolute Gasteiger partial charge is 0.454 e. The average molecular weight is 303 g/mol. The molecule has 1 aliphatic rings. The molecule has 5 heteroatoms. The first kappa shape index (κ1) is 16.0. The van der Waals surface area contributed by atoms with Gasteiger partial charge >= 0.3 is 6.09 Å². The minimum Gasteiger partial charge on any atom is -0.454 e. The summed E-state index contributed by atoms with van der Waals surface area (Å²) in [6, 6.07) is 3.59. The molecule has 0 aromatic heterocycles. The average Bonchev–Trinajstić information content (AvgIpc) is 2.88. The topological polar surface area (TPSA) is 48.0 Å². The lowest BCUT2D eigenvalue weighted by Gasteiger charge is -2.27. The van der Waals surface area contributed by atoms with Gasteiger partial charge in [-0.15, -0.1) is 6.42 Å². The summed E-state index contributed by atoms with van der Waals surface area (Å²) in [5, 5.41) is 0. The van der Waals surface area contributed by atoms with Gasteiger partial charge in [0.25, 0.3) is 0 Å². The highest BCUT2D eigenvalue weighted by atomic mass is 16.7. The van der Waals surface area contributed by atoms with Crippen molar-refractivity contribution >= 4 is 6.09 Å². The van der Waals surface area contributed by atoms with Crippen LogP contribution in [0, 0.1) is 12.3 Å². The van der Waals surface area contributed by atoms with Gasteiger partial charge in [0.05, 0.1) is 6.54 Å². The molecule has 0 atom stereocenters. The molecular weight excluding hydrogens is 282 g/mol. The number of benzene rings is 1. The first-order valence-electron chi connectivity index (χ1n) is 7.21. The van der Waals surface area contributed by atoms with Gasteiger partial charge in [-0.05, 0) is 39.3 Å². The van der Waals surface area contributed by atoms with Crippen LogP contribution in [0.3, 0.4) is 0 Å². The van der Waals surface area contributed by atoms with E-state index in [4.69, 9.17) is 20.6 Å². The lowest BCUT2D eigenvalue weighted by Crippen LogP contribution is -2.36. The number of terminal acetylenes is 1. The van der Waals surface area contributed by atoms with Crippen LogP contribution in [0.5, 0.6) is 11.5 Å². The van der Waals surface area contributed by atoms with Crippen LogP contribution in [0.25, 0.3) is 0 Å². The molecule has 0 spiro atoms. The van der Waals surface area contributed by atoms with Crippen molar-refractivity contribution in [3.05, 3.63) is 23.3 Å². The van der Waals surface area contributed by atoms with Crippen LogP contribution in [-0.4, -0.2) is 29.9 Å². The summed E-state index contributed by atoms with van der Waals surface area (Å²) in [6.45, 7) is 8.48. The number of amides is 1. The molecule has 1 amide bonds. The van der Waals surface area contributed by atoms with Gasteiger partial charge in [0, 0.05) is 18.2 Å². The second-order valence-corrected chi connectivity index (χ2v) is 6.00. The number of ether oxygens (including phenoxy) is 3. The third kappa shape index (κ3) is 3.64. The summed E-state index contributed by atoms with van der Waals surface area (Å²) < 4.78 is 16.1. The second kappa shape index (κ2) is 6.18. The molecule has 0 bridgehead atoms. The van der Waals surface area contributed by atoms with Gasteiger partial charge in [0.2, 0.25) is 6.79 Å². The number of carbonyl (C=O) groups is 1. The summed E-state index contributed by atoms with van der Waals surface area (Å²) in [7, 11) is 0. The van der Waals surface area contributed by atoms with Crippen LogP contribution < -0.4 is 9.47 Å². The van der Waals surface area contributed by atoms with Crippen molar-refractivity contribution in [1.82, 2.24) is 4.90 Å². The predicted octanol–water partition coefficient (Wildman–Crippen LogP) is 3.15. The minimum absolute atomic E-state index is 0.187. The minimum atomic E-state index is -0.533. The molecule has 22 heavy (non-hydrogen) atoms. The van der Waals surface area contributed by atoms with E-state index >= 15 is 0 Å². The van der Waals surface area contributed by atoms with E-state index in [0.29, 0.717) is 30.2 Å². The third-order valence-corrected chi connectivity index (χ3v) is 3.15. The van der Waals surface area contributed by atoms with Crippen LogP contribution in [0.2, 0.25) is 0 Å². The fourth-order valence-electron chi connectivity index (χ4n) is 2.09. The van der Waals surface area contributed by atoms with Crippen LogP contribution in [0.1, 0.15) is 38.8 Å². The normalized spacial score (nSPS) is 12.7. The van der Waals surface area contributed by atoms with E-state index in [1.807, 2.05) is 33.8 Å². The summed E-state index contributed by atoms with van der Waals surface area (Å²) >= 11 is 0. The zero-order valence-corrected chi connectivity index (χ0v) is 13.4. The van der Waals surface area contributed by atoms with Crippen LogP contribution in [0.4, 0.5) is 4.79 Å². The highest BCUT2D eigenvalue weighted by molar-refractivity contribution is 5.68. The molecule has 0 saturated heterocycles. The summed E-state index contributed by atoms with van der Waals surface area (Å²) in [6.07, 6.45) is 5.19. The summed E-state index contributed by atoms with van der Waals surface area (Å²) in [5.74, 6) is 3.91. The molecule has 0 N–H and O–H groups in total. The molecule has 0 unspecified atom stereocenters. The van der Waals surface area contributed by atoms with E-state index in [1.54, 1.807) is 11.0 Å². The fourth-order valence-corrected chi connectivity index (χ4v) is 2.09. The van der Waals surface area contributed by atoms with Crippen molar-refractivity contribution in [2.24, 2.45) is 0 Å². The number of rotatable bonds is 3. The Hall–Kier alpha value is -2.35. The quantitative estimate of drug-likeness (QED) is 0.805. The standard InChI is InChI=1S/C17H21NO4/c1-6-12-8-14-15(21-11-20-14)9-13(12)10-18(7-2)16(19)22-17(3,4)5/h1,8-9H,7,10-11H2,2-5H3. The molecular formula is C17H21NO4. The monoisotopic (exact) mass is 303 g/mol. The fraction of sp³-hybridized carbons (Fsp3) is 0.471. The van der Waals surface area contributed by atoms with E-state index in [2.05, 4.69) is 5.92 Å². The van der Waals surface area contributed by atoms with Crippen molar-refractivity contribution < 1.29 is 19.0 Å². The first-order chi connectivity index (χ1) is 10.3. The van der Waals surface area contributed by atoms with E-state index in [0.717, 1.165) is 5.56 Å². The number of hydrogen-bond donors (Lipinski definition) is 0.